The minimum atomic E-state index is -3.76. The highest BCUT2D eigenvalue weighted by Gasteiger charge is 2.48. The summed E-state index contributed by atoms with van der Waals surface area (Å²) in [6.45, 7) is 3.81. The maximum atomic E-state index is 12.8. The fourth-order valence-electron chi connectivity index (χ4n) is 3.54. The SMILES string of the molecule is CO[C@H]1C(OP([O-])(=S)OC(C)C)[C@@H](CC(C)C)O[C@H]1n1cnc2c(N)nc(N)nc21. The van der Waals surface area contributed by atoms with Gasteiger partial charge in [0.05, 0.1) is 18.5 Å². The summed E-state index contributed by atoms with van der Waals surface area (Å²) in [5.41, 5.74) is 12.5. The van der Waals surface area contributed by atoms with E-state index in [2.05, 4.69) is 28.8 Å². The Balaban J connectivity index is 1.99. The van der Waals surface area contributed by atoms with Crippen LogP contribution in [0.2, 0.25) is 0 Å². The Morgan fingerprint density at radius 3 is 2.57 bits per heavy atom. The van der Waals surface area contributed by atoms with Gasteiger partial charge in [0.1, 0.15) is 24.4 Å². The van der Waals surface area contributed by atoms with Crippen molar-refractivity contribution in [2.24, 2.45) is 5.92 Å². The van der Waals surface area contributed by atoms with E-state index in [9.17, 15) is 4.89 Å². The van der Waals surface area contributed by atoms with Crippen molar-refractivity contribution in [1.29, 1.82) is 0 Å². The third-order valence-corrected chi connectivity index (χ3v) is 6.29. The summed E-state index contributed by atoms with van der Waals surface area (Å²) >= 11 is 5.10. The molecule has 1 aliphatic heterocycles. The van der Waals surface area contributed by atoms with Crippen molar-refractivity contribution < 1.29 is 23.4 Å². The van der Waals surface area contributed by atoms with Crippen LogP contribution >= 0.6 is 6.72 Å². The normalized spacial score (nSPS) is 26.7. The molecule has 168 valence electrons. The molecule has 13 heteroatoms. The summed E-state index contributed by atoms with van der Waals surface area (Å²) in [6.07, 6.45) is -0.703. The second-order valence-electron chi connectivity index (χ2n) is 7.86. The molecule has 5 atom stereocenters. The van der Waals surface area contributed by atoms with Crippen LogP contribution in [0.5, 0.6) is 0 Å². The van der Waals surface area contributed by atoms with Gasteiger partial charge in [0.15, 0.2) is 17.7 Å². The molecule has 4 N–H and O–H groups in total. The molecular formula is C17H28N6O5PS-. The number of hydrogen-bond acceptors (Lipinski definition) is 11. The number of anilines is 2. The minimum absolute atomic E-state index is 0.0145. The Labute approximate surface area is 180 Å². The van der Waals surface area contributed by atoms with E-state index in [1.54, 1.807) is 18.4 Å². The highest BCUT2D eigenvalue weighted by molar-refractivity contribution is 8.06. The highest BCUT2D eigenvalue weighted by atomic mass is 32.5. The average molecular weight is 459 g/mol. The van der Waals surface area contributed by atoms with E-state index in [4.69, 9.17) is 41.8 Å². The van der Waals surface area contributed by atoms with Gasteiger partial charge in [-0.05, 0) is 26.2 Å². The van der Waals surface area contributed by atoms with Crippen LogP contribution in [0.15, 0.2) is 6.33 Å². The van der Waals surface area contributed by atoms with Crippen molar-refractivity contribution in [2.45, 2.75) is 64.8 Å². The third-order valence-electron chi connectivity index (χ3n) is 4.59. The zero-order valence-electron chi connectivity index (χ0n) is 17.6. The Morgan fingerprint density at radius 1 is 1.27 bits per heavy atom. The Bertz CT molecular complexity index is 941. The molecule has 30 heavy (non-hydrogen) atoms. The van der Waals surface area contributed by atoms with Crippen LogP contribution in [0.3, 0.4) is 0 Å². The minimum Gasteiger partial charge on any atom is -0.780 e. The van der Waals surface area contributed by atoms with Crippen molar-refractivity contribution in [1.82, 2.24) is 19.5 Å². The molecular weight excluding hydrogens is 431 g/mol. The molecule has 2 aromatic heterocycles. The first-order valence-electron chi connectivity index (χ1n) is 9.64. The van der Waals surface area contributed by atoms with Crippen LogP contribution in [0.1, 0.15) is 40.3 Å². The molecule has 3 rings (SSSR count). The average Bonchev–Trinajstić information content (AvgIpc) is 3.14. The van der Waals surface area contributed by atoms with Gasteiger partial charge >= 0.3 is 0 Å². The molecule has 1 saturated heterocycles. The molecule has 0 saturated carbocycles. The first-order valence-corrected chi connectivity index (χ1v) is 12.2. The molecule has 0 radical (unpaired) electrons. The number of rotatable bonds is 8. The first-order chi connectivity index (χ1) is 14.0. The lowest BCUT2D eigenvalue weighted by molar-refractivity contribution is -0.217. The van der Waals surface area contributed by atoms with Gasteiger partial charge in [-0.1, -0.05) is 25.7 Å². The number of nitrogens with zero attached hydrogens (tertiary/aromatic N) is 4. The summed E-state index contributed by atoms with van der Waals surface area (Å²) < 4.78 is 24.8. The number of aromatic nitrogens is 4. The van der Waals surface area contributed by atoms with Crippen molar-refractivity contribution in [3.63, 3.8) is 0 Å². The molecule has 2 unspecified atom stereocenters. The van der Waals surface area contributed by atoms with Crippen LogP contribution in [0, 0.1) is 5.92 Å². The molecule has 2 aromatic rings. The van der Waals surface area contributed by atoms with Crippen molar-refractivity contribution in [3.05, 3.63) is 6.33 Å². The maximum absolute atomic E-state index is 12.8. The van der Waals surface area contributed by atoms with Crippen LogP contribution < -0.4 is 16.4 Å². The zero-order valence-corrected chi connectivity index (χ0v) is 19.3. The van der Waals surface area contributed by atoms with E-state index < -0.39 is 31.3 Å². The molecule has 1 fully saturated rings. The molecule has 0 amide bonds. The van der Waals surface area contributed by atoms with Gasteiger partial charge in [-0.25, -0.2) is 4.98 Å². The summed E-state index contributed by atoms with van der Waals surface area (Å²) in [6, 6.07) is 0. The van der Waals surface area contributed by atoms with Crippen molar-refractivity contribution in [3.8, 4) is 0 Å². The van der Waals surface area contributed by atoms with Gasteiger partial charge in [0, 0.05) is 7.11 Å². The number of nitrogens with two attached hydrogens (primary N) is 2. The lowest BCUT2D eigenvalue weighted by Crippen LogP contribution is -2.37. The van der Waals surface area contributed by atoms with Crippen LogP contribution in [0.25, 0.3) is 11.2 Å². The number of ether oxygens (including phenoxy) is 2. The number of nitrogen functional groups attached to an aromatic ring is 2. The topological polar surface area (TPSA) is 156 Å². The Morgan fingerprint density at radius 2 is 1.97 bits per heavy atom. The van der Waals surface area contributed by atoms with Gasteiger partial charge in [-0.3, -0.25) is 4.57 Å². The van der Waals surface area contributed by atoms with Gasteiger partial charge in [0.25, 0.3) is 0 Å². The first kappa shape index (κ1) is 23.3. The van der Waals surface area contributed by atoms with E-state index in [1.807, 2.05) is 0 Å². The second-order valence-corrected chi connectivity index (χ2v) is 10.5. The predicted octanol–water partition coefficient (Wildman–Crippen LogP) is 1.34. The van der Waals surface area contributed by atoms with E-state index in [0.29, 0.717) is 17.6 Å². The van der Waals surface area contributed by atoms with Crippen LogP contribution in [-0.4, -0.2) is 51.0 Å². The van der Waals surface area contributed by atoms with Crippen molar-refractivity contribution in [2.75, 3.05) is 18.6 Å². The summed E-state index contributed by atoms with van der Waals surface area (Å²) in [5, 5.41) is 0. The fourth-order valence-corrected chi connectivity index (χ4v) is 5.47. The van der Waals surface area contributed by atoms with Gasteiger partial charge in [-0.2, -0.15) is 9.97 Å². The zero-order chi connectivity index (χ0) is 22.2. The second kappa shape index (κ2) is 8.99. The van der Waals surface area contributed by atoms with E-state index >= 15 is 0 Å². The largest absolute Gasteiger partial charge is 0.780 e. The summed E-state index contributed by atoms with van der Waals surface area (Å²) in [5.74, 6) is 0.455. The maximum Gasteiger partial charge on any atom is 0.224 e. The Hall–Kier alpha value is -1.40. The quantitative estimate of drug-likeness (QED) is 0.549. The molecule has 0 bridgehead atoms. The third kappa shape index (κ3) is 4.91. The lowest BCUT2D eigenvalue weighted by atomic mass is 10.0. The van der Waals surface area contributed by atoms with E-state index in [1.165, 1.54) is 13.4 Å². The lowest BCUT2D eigenvalue weighted by Gasteiger charge is -2.35. The van der Waals surface area contributed by atoms with Gasteiger partial charge < -0.3 is 34.9 Å². The number of imidazole rings is 1. The number of hydrogen-bond donors (Lipinski definition) is 2. The van der Waals surface area contributed by atoms with Crippen molar-refractivity contribution >= 4 is 41.5 Å². The molecule has 0 aliphatic carbocycles. The molecule has 1 aliphatic rings. The van der Waals surface area contributed by atoms with Crippen LogP contribution in [-0.2, 0) is 30.3 Å². The summed E-state index contributed by atoms with van der Waals surface area (Å²) in [4.78, 5) is 25.2. The molecule has 0 aromatic carbocycles. The molecule has 3 heterocycles. The van der Waals surface area contributed by atoms with Crippen LogP contribution in [0.4, 0.5) is 11.8 Å². The standard InChI is InChI=1S/C17H29N6O5PS/c1-8(2)6-10-12(28-29(24,30)27-9(3)4)13(25-5)16(26-10)23-7-20-11-14(18)21-17(19)22-15(11)23/h7-10,12-13,16H,6H2,1-5H3,(H,24,30)(H4,18,19,21,22)/p-1/t10-,12?,13+,16-,29?/m1/s1. The summed E-state index contributed by atoms with van der Waals surface area (Å²) in [7, 11) is 1.52. The predicted molar refractivity (Wildman–Crippen MR) is 114 cm³/mol. The monoisotopic (exact) mass is 459 g/mol. The number of methoxy groups -OCH3 is 1. The van der Waals surface area contributed by atoms with Gasteiger partial charge in [-0.15, -0.1) is 0 Å². The molecule has 0 spiro atoms. The highest BCUT2D eigenvalue weighted by Crippen LogP contribution is 2.48. The number of fused-ring (bicyclic) bond motifs is 1. The van der Waals surface area contributed by atoms with E-state index in [-0.39, 0.29) is 23.8 Å². The van der Waals surface area contributed by atoms with E-state index in [0.717, 1.165) is 0 Å². The molecule has 11 nitrogen and oxygen atoms in total. The van der Waals surface area contributed by atoms with Gasteiger partial charge in [0.2, 0.25) is 5.95 Å². The fraction of sp³-hybridized carbons (Fsp3) is 0.706. The Kier molecular flexibility index (Phi) is 6.97. The smallest absolute Gasteiger partial charge is 0.224 e.